The molecular weight excluding hydrogens is 228 g/mol. The fourth-order valence-corrected chi connectivity index (χ4v) is 2.30. The number of nitriles is 1. The van der Waals surface area contributed by atoms with Gasteiger partial charge in [0.15, 0.2) is 0 Å². The molecule has 1 aromatic rings. The summed E-state index contributed by atoms with van der Waals surface area (Å²) in [7, 11) is 0. The highest BCUT2D eigenvalue weighted by atomic mass is 32.2. The molecule has 1 aromatic carbocycles. The third kappa shape index (κ3) is 5.76. The molecule has 1 unspecified atom stereocenters. The number of nitrogens with one attached hydrogen (secondary N) is 1. The van der Waals surface area contributed by atoms with Crippen molar-refractivity contribution < 1.29 is 0 Å². The third-order valence-corrected chi connectivity index (χ3v) is 3.57. The summed E-state index contributed by atoms with van der Waals surface area (Å²) >= 11 is 1.99. The van der Waals surface area contributed by atoms with E-state index in [-0.39, 0.29) is 0 Å². The summed E-state index contributed by atoms with van der Waals surface area (Å²) < 4.78 is 0. The fourth-order valence-electron chi connectivity index (χ4n) is 1.50. The maximum Gasteiger partial charge on any atom is 0.0991 e. The van der Waals surface area contributed by atoms with Gasteiger partial charge in [0, 0.05) is 12.6 Å². The van der Waals surface area contributed by atoms with E-state index < -0.39 is 0 Å². The highest BCUT2D eigenvalue weighted by Gasteiger charge is 2.01. The van der Waals surface area contributed by atoms with Gasteiger partial charge in [-0.2, -0.15) is 17.0 Å². The maximum atomic E-state index is 8.70. The Morgan fingerprint density at radius 3 is 2.65 bits per heavy atom. The molecule has 92 valence electrons. The van der Waals surface area contributed by atoms with Gasteiger partial charge < -0.3 is 5.32 Å². The van der Waals surface area contributed by atoms with Crippen molar-refractivity contribution >= 4 is 11.8 Å². The Morgan fingerprint density at radius 1 is 1.35 bits per heavy atom. The molecule has 17 heavy (non-hydrogen) atoms. The summed E-state index contributed by atoms with van der Waals surface area (Å²) in [6.07, 6.45) is 1.20. The lowest BCUT2D eigenvalue weighted by molar-refractivity contribution is 0.537. The van der Waals surface area contributed by atoms with Crippen molar-refractivity contribution in [3.8, 4) is 6.07 Å². The van der Waals surface area contributed by atoms with Crippen LogP contribution in [0.4, 0.5) is 0 Å². The summed E-state index contributed by atoms with van der Waals surface area (Å²) in [5.41, 5.74) is 1.96. The molecule has 0 radical (unpaired) electrons. The second-order valence-electron chi connectivity index (χ2n) is 4.08. The molecule has 3 heteroatoms. The number of thioether (sulfide) groups is 1. The highest BCUT2D eigenvalue weighted by Crippen LogP contribution is 2.06. The van der Waals surface area contributed by atoms with Crippen LogP contribution < -0.4 is 5.32 Å². The largest absolute Gasteiger partial charge is 0.310 e. The normalized spacial score (nSPS) is 12.1. The summed E-state index contributed by atoms with van der Waals surface area (Å²) in [5, 5.41) is 12.2. The van der Waals surface area contributed by atoms with Gasteiger partial charge in [-0.3, -0.25) is 0 Å². The molecule has 0 fully saturated rings. The first-order valence-corrected chi connectivity index (χ1v) is 7.22. The van der Waals surface area contributed by atoms with E-state index in [1.165, 1.54) is 23.5 Å². The monoisotopic (exact) mass is 248 g/mol. The molecule has 1 N–H and O–H groups in total. The van der Waals surface area contributed by atoms with Gasteiger partial charge in [0.2, 0.25) is 0 Å². The van der Waals surface area contributed by atoms with Crippen LogP contribution in [-0.4, -0.2) is 17.5 Å². The van der Waals surface area contributed by atoms with Crippen LogP contribution in [0.3, 0.4) is 0 Å². The van der Waals surface area contributed by atoms with E-state index in [1.807, 2.05) is 36.0 Å². The van der Waals surface area contributed by atoms with E-state index >= 15 is 0 Å². The average molecular weight is 248 g/mol. The first-order valence-electron chi connectivity index (χ1n) is 6.06. The lowest BCUT2D eigenvalue weighted by Crippen LogP contribution is -2.25. The predicted molar refractivity (Wildman–Crippen MR) is 75.1 cm³/mol. The van der Waals surface area contributed by atoms with Crippen LogP contribution in [0.2, 0.25) is 0 Å². The van der Waals surface area contributed by atoms with Gasteiger partial charge in [0.25, 0.3) is 0 Å². The molecule has 0 heterocycles. The topological polar surface area (TPSA) is 35.8 Å². The van der Waals surface area contributed by atoms with Gasteiger partial charge >= 0.3 is 0 Å². The summed E-state index contributed by atoms with van der Waals surface area (Å²) in [6.45, 7) is 5.29. The van der Waals surface area contributed by atoms with Gasteiger partial charge in [0.1, 0.15) is 0 Å². The molecule has 0 aliphatic carbocycles. The van der Waals surface area contributed by atoms with Crippen LogP contribution in [-0.2, 0) is 6.54 Å². The van der Waals surface area contributed by atoms with Crippen molar-refractivity contribution in [3.05, 3.63) is 35.4 Å². The zero-order valence-corrected chi connectivity index (χ0v) is 11.4. The quantitative estimate of drug-likeness (QED) is 0.753. The number of nitrogens with zero attached hydrogens (tertiary/aromatic N) is 1. The van der Waals surface area contributed by atoms with Gasteiger partial charge in [-0.25, -0.2) is 0 Å². The Bertz CT molecular complexity index is 353. The van der Waals surface area contributed by atoms with Crippen LogP contribution in [0, 0.1) is 11.3 Å². The lowest BCUT2D eigenvalue weighted by atomic mass is 10.1. The minimum Gasteiger partial charge on any atom is -0.310 e. The number of hydrogen-bond acceptors (Lipinski definition) is 3. The van der Waals surface area contributed by atoms with E-state index in [1.54, 1.807) is 0 Å². The Morgan fingerprint density at radius 2 is 2.06 bits per heavy atom. The van der Waals surface area contributed by atoms with Gasteiger partial charge in [0.05, 0.1) is 11.6 Å². The maximum absolute atomic E-state index is 8.70. The van der Waals surface area contributed by atoms with Crippen LogP contribution in [0.5, 0.6) is 0 Å². The van der Waals surface area contributed by atoms with E-state index in [4.69, 9.17) is 5.26 Å². The summed E-state index contributed by atoms with van der Waals surface area (Å²) in [5.74, 6) is 2.42. The van der Waals surface area contributed by atoms with E-state index in [0.29, 0.717) is 6.04 Å². The zero-order valence-electron chi connectivity index (χ0n) is 10.6. The third-order valence-electron chi connectivity index (χ3n) is 2.64. The smallest absolute Gasteiger partial charge is 0.0991 e. The molecule has 2 nitrogen and oxygen atoms in total. The van der Waals surface area contributed by atoms with Crippen molar-refractivity contribution in [2.24, 2.45) is 0 Å². The molecule has 1 atom stereocenters. The van der Waals surface area contributed by atoms with Crippen molar-refractivity contribution in [3.63, 3.8) is 0 Å². The number of benzene rings is 1. The molecule has 0 aromatic heterocycles. The molecule has 0 aliphatic heterocycles. The first kappa shape index (κ1) is 14.1. The first-order chi connectivity index (χ1) is 8.26. The average Bonchev–Trinajstić information content (AvgIpc) is 2.37. The van der Waals surface area contributed by atoms with E-state index in [9.17, 15) is 0 Å². The molecule has 0 saturated heterocycles. The minimum absolute atomic E-state index is 0.546. The predicted octanol–water partition coefficient (Wildman–Crippen LogP) is 3.18. The van der Waals surface area contributed by atoms with E-state index in [2.05, 4.69) is 25.2 Å². The minimum atomic E-state index is 0.546. The number of rotatable bonds is 7. The zero-order chi connectivity index (χ0) is 12.5. The molecule has 1 rings (SSSR count). The van der Waals surface area contributed by atoms with Crippen molar-refractivity contribution in [2.45, 2.75) is 32.9 Å². The van der Waals surface area contributed by atoms with Gasteiger partial charge in [-0.15, -0.1) is 0 Å². The molecular formula is C14H20N2S. The second-order valence-corrected chi connectivity index (χ2v) is 5.47. The van der Waals surface area contributed by atoms with Crippen molar-refractivity contribution in [1.29, 1.82) is 5.26 Å². The molecule has 0 saturated carbocycles. The molecule has 0 bridgehead atoms. The Kier molecular flexibility index (Phi) is 6.76. The van der Waals surface area contributed by atoms with Crippen LogP contribution in [0.25, 0.3) is 0 Å². The fraction of sp³-hybridized carbons (Fsp3) is 0.500. The highest BCUT2D eigenvalue weighted by molar-refractivity contribution is 7.99. The molecule has 0 spiro atoms. The van der Waals surface area contributed by atoms with Crippen LogP contribution >= 0.6 is 11.8 Å². The molecule has 0 aliphatic rings. The van der Waals surface area contributed by atoms with Crippen molar-refractivity contribution in [2.75, 3.05) is 11.5 Å². The summed E-state index contributed by atoms with van der Waals surface area (Å²) in [4.78, 5) is 0. The Labute approximate surface area is 108 Å². The SMILES string of the molecule is CCSCCC(C)NCc1ccc(C#N)cc1. The van der Waals surface area contributed by atoms with Crippen molar-refractivity contribution in [1.82, 2.24) is 5.32 Å². The standard InChI is InChI=1S/C14H20N2S/c1-3-17-9-8-12(2)16-11-14-6-4-13(10-15)5-7-14/h4-7,12,16H,3,8-9,11H2,1-2H3. The molecule has 0 amide bonds. The van der Waals surface area contributed by atoms with Crippen LogP contribution in [0.1, 0.15) is 31.4 Å². The van der Waals surface area contributed by atoms with E-state index in [0.717, 1.165) is 12.1 Å². The lowest BCUT2D eigenvalue weighted by Gasteiger charge is -2.13. The van der Waals surface area contributed by atoms with Gasteiger partial charge in [-0.1, -0.05) is 19.1 Å². The Hall–Kier alpha value is -0.980. The summed E-state index contributed by atoms with van der Waals surface area (Å²) in [6, 6.07) is 10.4. The number of hydrogen-bond donors (Lipinski definition) is 1. The second kappa shape index (κ2) is 8.16. The van der Waals surface area contributed by atoms with Crippen LogP contribution in [0.15, 0.2) is 24.3 Å². The van der Waals surface area contributed by atoms with Gasteiger partial charge in [-0.05, 0) is 42.5 Å². The Balaban J connectivity index is 2.27.